The van der Waals surface area contributed by atoms with Crippen LogP contribution in [0.2, 0.25) is 0 Å². The zero-order valence-corrected chi connectivity index (χ0v) is 9.95. The maximum Gasteiger partial charge on any atom is 0.309 e. The van der Waals surface area contributed by atoms with Crippen molar-refractivity contribution in [2.75, 3.05) is 0 Å². The van der Waals surface area contributed by atoms with Crippen molar-refractivity contribution in [2.45, 2.75) is 45.1 Å². The Balaban J connectivity index is 1.62. The molecule has 3 rings (SSSR count). The quantitative estimate of drug-likeness (QED) is 0.538. The van der Waals surface area contributed by atoms with Crippen LogP contribution in [0.1, 0.15) is 39.0 Å². The molecule has 2 heteroatoms. The van der Waals surface area contributed by atoms with Gasteiger partial charge < -0.3 is 4.74 Å². The molecule has 0 aromatic carbocycles. The Hall–Kier alpha value is -0.790. The molecule has 2 nitrogen and oxygen atoms in total. The minimum atomic E-state index is 0.0971. The zero-order valence-electron chi connectivity index (χ0n) is 9.95. The van der Waals surface area contributed by atoms with E-state index in [0.717, 1.165) is 18.8 Å². The first-order valence-electron chi connectivity index (χ1n) is 6.51. The maximum absolute atomic E-state index is 11.6. The number of fused-ring (bicyclic) bond motifs is 1. The molecule has 0 amide bonds. The topological polar surface area (TPSA) is 26.3 Å². The summed E-state index contributed by atoms with van der Waals surface area (Å²) in [5.74, 6) is 2.38. The molecule has 2 saturated carbocycles. The van der Waals surface area contributed by atoms with Gasteiger partial charge in [0.05, 0.1) is 5.92 Å². The average Bonchev–Trinajstić information content (AvgIpc) is 2.80. The molecule has 3 fully saturated rings. The summed E-state index contributed by atoms with van der Waals surface area (Å²) >= 11 is 0. The van der Waals surface area contributed by atoms with Crippen molar-refractivity contribution < 1.29 is 9.53 Å². The largest absolute Gasteiger partial charge is 0.462 e. The summed E-state index contributed by atoms with van der Waals surface area (Å²) in [6.45, 7) is 6.03. The van der Waals surface area contributed by atoms with Gasteiger partial charge in [-0.1, -0.05) is 5.57 Å². The molecule has 1 saturated heterocycles. The van der Waals surface area contributed by atoms with E-state index in [9.17, 15) is 4.79 Å². The van der Waals surface area contributed by atoms with Crippen LogP contribution in [0.25, 0.3) is 0 Å². The van der Waals surface area contributed by atoms with Crippen LogP contribution in [0.3, 0.4) is 0 Å². The molecule has 0 radical (unpaired) electrons. The molecule has 0 spiro atoms. The second kappa shape index (κ2) is 3.61. The van der Waals surface area contributed by atoms with Crippen molar-refractivity contribution >= 4 is 5.97 Å². The molecule has 0 aromatic heterocycles. The average molecular weight is 220 g/mol. The van der Waals surface area contributed by atoms with Crippen molar-refractivity contribution in [3.8, 4) is 0 Å². The van der Waals surface area contributed by atoms with E-state index < -0.39 is 0 Å². The lowest BCUT2D eigenvalue weighted by molar-refractivity contribution is -0.144. The van der Waals surface area contributed by atoms with Crippen LogP contribution >= 0.6 is 0 Å². The molecule has 0 aromatic rings. The van der Waals surface area contributed by atoms with Gasteiger partial charge in [-0.15, -0.1) is 6.58 Å². The van der Waals surface area contributed by atoms with Crippen molar-refractivity contribution in [1.29, 1.82) is 0 Å². The van der Waals surface area contributed by atoms with Crippen LogP contribution in [-0.2, 0) is 9.53 Å². The summed E-state index contributed by atoms with van der Waals surface area (Å²) in [6, 6.07) is 0. The Morgan fingerprint density at radius 3 is 3.06 bits per heavy atom. The lowest BCUT2D eigenvalue weighted by Gasteiger charge is -2.25. The molecule has 5 unspecified atom stereocenters. The van der Waals surface area contributed by atoms with Gasteiger partial charge in [0.25, 0.3) is 0 Å². The summed E-state index contributed by atoms with van der Waals surface area (Å²) in [5, 5.41) is 0. The predicted molar refractivity (Wildman–Crippen MR) is 61.7 cm³/mol. The monoisotopic (exact) mass is 220 g/mol. The van der Waals surface area contributed by atoms with E-state index in [1.807, 2.05) is 0 Å². The van der Waals surface area contributed by atoms with Crippen molar-refractivity contribution in [3.63, 3.8) is 0 Å². The normalized spacial score (nSPS) is 43.8. The first-order chi connectivity index (χ1) is 7.66. The SMILES string of the molecule is C=C(C)CCCC1C2CC3C(=O)OC1C3C2. The van der Waals surface area contributed by atoms with E-state index >= 15 is 0 Å². The first kappa shape index (κ1) is 10.4. The summed E-state index contributed by atoms with van der Waals surface area (Å²) < 4.78 is 5.55. The number of hydrogen-bond donors (Lipinski definition) is 0. The Morgan fingerprint density at radius 2 is 2.31 bits per heavy atom. The second-order valence-corrected chi connectivity index (χ2v) is 5.92. The summed E-state index contributed by atoms with van der Waals surface area (Å²) in [6.07, 6.45) is 6.19. The van der Waals surface area contributed by atoms with Crippen LogP contribution in [0, 0.1) is 23.7 Å². The lowest BCUT2D eigenvalue weighted by atomic mass is 9.79. The molecule has 88 valence electrons. The third-order valence-corrected chi connectivity index (χ3v) is 4.79. The fourth-order valence-electron chi connectivity index (χ4n) is 4.12. The predicted octanol–water partition coefficient (Wildman–Crippen LogP) is 2.93. The van der Waals surface area contributed by atoms with Gasteiger partial charge in [-0.3, -0.25) is 4.79 Å². The zero-order chi connectivity index (χ0) is 11.3. The van der Waals surface area contributed by atoms with E-state index in [4.69, 9.17) is 4.74 Å². The van der Waals surface area contributed by atoms with E-state index in [0.29, 0.717) is 11.8 Å². The van der Waals surface area contributed by atoms with E-state index in [1.54, 1.807) is 0 Å². The van der Waals surface area contributed by atoms with Crippen LogP contribution in [0.15, 0.2) is 12.2 Å². The number of esters is 1. The molecule has 2 aliphatic carbocycles. The van der Waals surface area contributed by atoms with Crippen LogP contribution < -0.4 is 0 Å². The second-order valence-electron chi connectivity index (χ2n) is 5.92. The standard InChI is InChI=1S/C14H20O2/c1-8(2)4-3-5-10-9-6-11-12(7-9)14(15)16-13(10)11/h9-13H,1,3-7H2,2H3. The molecule has 16 heavy (non-hydrogen) atoms. The number of hydrogen-bond acceptors (Lipinski definition) is 2. The number of ether oxygens (including phenoxy) is 1. The van der Waals surface area contributed by atoms with E-state index in [1.165, 1.54) is 24.8 Å². The third kappa shape index (κ3) is 1.42. The highest BCUT2D eigenvalue weighted by molar-refractivity contribution is 5.76. The van der Waals surface area contributed by atoms with Crippen molar-refractivity contribution in [1.82, 2.24) is 0 Å². The van der Waals surface area contributed by atoms with Crippen LogP contribution in [0.4, 0.5) is 0 Å². The van der Waals surface area contributed by atoms with Gasteiger partial charge in [-0.05, 0) is 50.9 Å². The Morgan fingerprint density at radius 1 is 1.50 bits per heavy atom. The molecule has 2 bridgehead atoms. The van der Waals surface area contributed by atoms with Gasteiger partial charge in [0.2, 0.25) is 0 Å². The minimum absolute atomic E-state index is 0.0971. The molecule has 0 N–H and O–H groups in total. The fourth-order valence-corrected chi connectivity index (χ4v) is 4.12. The summed E-state index contributed by atoms with van der Waals surface area (Å²) in [5.41, 5.74) is 1.27. The molecule has 1 heterocycles. The fraction of sp³-hybridized carbons (Fsp3) is 0.786. The highest BCUT2D eigenvalue weighted by atomic mass is 16.6. The molecule has 5 atom stereocenters. The van der Waals surface area contributed by atoms with Gasteiger partial charge in [0, 0.05) is 5.92 Å². The number of allylic oxidation sites excluding steroid dienone is 1. The highest BCUT2D eigenvalue weighted by Crippen LogP contribution is 2.58. The number of carbonyl (C=O) groups is 1. The maximum atomic E-state index is 11.6. The van der Waals surface area contributed by atoms with Crippen molar-refractivity contribution in [2.24, 2.45) is 23.7 Å². The van der Waals surface area contributed by atoms with Gasteiger partial charge in [-0.2, -0.15) is 0 Å². The lowest BCUT2D eigenvalue weighted by Crippen LogP contribution is -2.26. The van der Waals surface area contributed by atoms with Gasteiger partial charge in [0.1, 0.15) is 6.10 Å². The molecule has 1 aliphatic heterocycles. The summed E-state index contributed by atoms with van der Waals surface area (Å²) in [7, 11) is 0. The smallest absolute Gasteiger partial charge is 0.309 e. The first-order valence-corrected chi connectivity index (χ1v) is 6.51. The van der Waals surface area contributed by atoms with Gasteiger partial charge >= 0.3 is 5.97 Å². The molecule has 3 aliphatic rings. The molecular formula is C14H20O2. The Bertz CT molecular complexity index is 334. The Labute approximate surface area is 97.1 Å². The number of rotatable bonds is 4. The van der Waals surface area contributed by atoms with Crippen molar-refractivity contribution in [3.05, 3.63) is 12.2 Å². The van der Waals surface area contributed by atoms with Crippen LogP contribution in [-0.4, -0.2) is 12.1 Å². The van der Waals surface area contributed by atoms with Gasteiger partial charge in [0.15, 0.2) is 0 Å². The van der Waals surface area contributed by atoms with Gasteiger partial charge in [-0.25, -0.2) is 0 Å². The Kier molecular flexibility index (Phi) is 2.34. The third-order valence-electron chi connectivity index (χ3n) is 4.79. The van der Waals surface area contributed by atoms with E-state index in [2.05, 4.69) is 13.5 Å². The summed E-state index contributed by atoms with van der Waals surface area (Å²) in [4.78, 5) is 11.6. The minimum Gasteiger partial charge on any atom is -0.462 e. The highest BCUT2D eigenvalue weighted by Gasteiger charge is 2.61. The van der Waals surface area contributed by atoms with E-state index in [-0.39, 0.29) is 18.0 Å². The van der Waals surface area contributed by atoms with Crippen LogP contribution in [0.5, 0.6) is 0 Å². The molecular weight excluding hydrogens is 200 g/mol. The number of carbonyl (C=O) groups excluding carboxylic acids is 1.